The third-order valence-electron chi connectivity index (χ3n) is 1.82. The largest absolute Gasteiger partial charge is 0.772 e. The molecule has 1 aromatic carbocycles. The number of carbonyl (C=O) groups excluding carboxylic acids is 1. The maximum atomic E-state index is 10.5. The van der Waals surface area contributed by atoms with E-state index in [0.717, 1.165) is 0 Å². The van der Waals surface area contributed by atoms with E-state index in [9.17, 15) is 13.6 Å². The Morgan fingerprint density at radius 3 is 2.80 bits per heavy atom. The SMILES string of the molecule is NCc1ccc(CS(=O)[O-])cc1N=C=O. The zero-order chi connectivity index (χ0) is 11.3. The minimum absolute atomic E-state index is 0.105. The molecule has 5 nitrogen and oxygen atoms in total. The number of nitrogens with two attached hydrogens (primary N) is 1. The van der Waals surface area contributed by atoms with Gasteiger partial charge in [-0.05, 0) is 17.2 Å². The van der Waals surface area contributed by atoms with Crippen molar-refractivity contribution < 1.29 is 13.6 Å². The lowest BCUT2D eigenvalue weighted by Gasteiger charge is -2.07. The first kappa shape index (κ1) is 11.7. The molecule has 0 fully saturated rings. The van der Waals surface area contributed by atoms with Crippen LogP contribution in [0, 0.1) is 0 Å². The normalized spacial score (nSPS) is 11.9. The van der Waals surface area contributed by atoms with Crippen LogP contribution in [0.4, 0.5) is 5.69 Å². The second-order valence-corrected chi connectivity index (χ2v) is 3.71. The highest BCUT2D eigenvalue weighted by molar-refractivity contribution is 7.78. The summed E-state index contributed by atoms with van der Waals surface area (Å²) in [6.45, 7) is 0.237. The zero-order valence-corrected chi connectivity index (χ0v) is 8.62. The molecule has 0 saturated heterocycles. The summed E-state index contributed by atoms with van der Waals surface area (Å²) in [5.74, 6) is -0.105. The molecule has 0 aliphatic heterocycles. The molecule has 0 aliphatic carbocycles. The molecule has 1 atom stereocenters. The fraction of sp³-hybridized carbons (Fsp3) is 0.222. The van der Waals surface area contributed by atoms with E-state index in [1.807, 2.05) is 0 Å². The van der Waals surface area contributed by atoms with Gasteiger partial charge in [-0.1, -0.05) is 23.2 Å². The van der Waals surface area contributed by atoms with Gasteiger partial charge in [0.2, 0.25) is 6.08 Å². The average molecular weight is 225 g/mol. The van der Waals surface area contributed by atoms with E-state index in [-0.39, 0.29) is 12.3 Å². The Morgan fingerprint density at radius 1 is 1.53 bits per heavy atom. The number of nitrogens with zero attached hydrogens (tertiary/aromatic N) is 1. The maximum Gasteiger partial charge on any atom is 0.240 e. The van der Waals surface area contributed by atoms with Crippen LogP contribution in [0.2, 0.25) is 0 Å². The lowest BCUT2D eigenvalue weighted by atomic mass is 10.1. The third kappa shape index (κ3) is 3.38. The van der Waals surface area contributed by atoms with E-state index in [1.54, 1.807) is 12.1 Å². The van der Waals surface area contributed by atoms with Crippen LogP contribution in [0.15, 0.2) is 23.2 Å². The first-order chi connectivity index (χ1) is 7.17. The van der Waals surface area contributed by atoms with Gasteiger partial charge < -0.3 is 10.3 Å². The minimum atomic E-state index is -2.16. The molecule has 0 aromatic heterocycles. The quantitative estimate of drug-likeness (QED) is 0.458. The summed E-state index contributed by atoms with van der Waals surface area (Å²) in [7, 11) is 0. The van der Waals surface area contributed by atoms with Crippen LogP contribution in [-0.2, 0) is 28.2 Å². The second-order valence-electron chi connectivity index (χ2n) is 2.82. The third-order valence-corrected chi connectivity index (χ3v) is 2.39. The highest BCUT2D eigenvalue weighted by Crippen LogP contribution is 2.20. The lowest BCUT2D eigenvalue weighted by Crippen LogP contribution is -1.98. The molecule has 0 bridgehead atoms. The summed E-state index contributed by atoms with van der Waals surface area (Å²) in [5, 5.41) is 0. The van der Waals surface area contributed by atoms with E-state index in [0.29, 0.717) is 16.8 Å². The summed E-state index contributed by atoms with van der Waals surface area (Å²) >= 11 is -2.16. The van der Waals surface area contributed by atoms with Gasteiger partial charge in [-0.15, -0.1) is 0 Å². The number of hydrogen-bond acceptors (Lipinski definition) is 5. The zero-order valence-electron chi connectivity index (χ0n) is 7.80. The molecule has 0 spiro atoms. The first-order valence-corrected chi connectivity index (χ1v) is 5.37. The van der Waals surface area contributed by atoms with Crippen LogP contribution < -0.4 is 5.73 Å². The Bertz CT molecular complexity index is 427. The van der Waals surface area contributed by atoms with Crippen molar-refractivity contribution in [2.24, 2.45) is 10.7 Å². The number of isocyanates is 1. The van der Waals surface area contributed by atoms with Crippen molar-refractivity contribution in [1.82, 2.24) is 0 Å². The number of hydrogen-bond donors (Lipinski definition) is 1. The molecule has 0 saturated carbocycles. The lowest BCUT2D eigenvalue weighted by molar-refractivity contribution is 0.536. The standard InChI is InChI=1S/C9H10N2O3S/c10-4-8-2-1-7(5-15(13)14)3-9(8)11-6-12/h1-3H,4-5,10H2,(H,13,14)/p-1. The molecule has 0 radical (unpaired) electrons. The van der Waals surface area contributed by atoms with Crippen LogP contribution >= 0.6 is 0 Å². The smallest absolute Gasteiger partial charge is 0.240 e. The fourth-order valence-corrected chi connectivity index (χ4v) is 1.61. The Labute approximate surface area is 89.3 Å². The van der Waals surface area contributed by atoms with Crippen molar-refractivity contribution in [3.63, 3.8) is 0 Å². The van der Waals surface area contributed by atoms with Crippen molar-refractivity contribution in [2.45, 2.75) is 12.3 Å². The molecule has 0 heterocycles. The van der Waals surface area contributed by atoms with Gasteiger partial charge >= 0.3 is 0 Å². The fourth-order valence-electron chi connectivity index (χ4n) is 1.16. The monoisotopic (exact) mass is 225 g/mol. The van der Waals surface area contributed by atoms with E-state index < -0.39 is 11.1 Å². The van der Waals surface area contributed by atoms with Crippen LogP contribution in [0.3, 0.4) is 0 Å². The van der Waals surface area contributed by atoms with Gasteiger partial charge in [0.25, 0.3) is 0 Å². The van der Waals surface area contributed by atoms with Gasteiger partial charge in [0.1, 0.15) is 0 Å². The Morgan fingerprint density at radius 2 is 2.27 bits per heavy atom. The predicted molar refractivity (Wildman–Crippen MR) is 54.7 cm³/mol. The molecule has 6 heteroatoms. The highest BCUT2D eigenvalue weighted by atomic mass is 32.2. The summed E-state index contributed by atoms with van der Waals surface area (Å²) in [4.78, 5) is 13.6. The topological polar surface area (TPSA) is 95.6 Å². The van der Waals surface area contributed by atoms with Gasteiger partial charge in [0.15, 0.2) is 0 Å². The van der Waals surface area contributed by atoms with Crippen LogP contribution in [-0.4, -0.2) is 14.8 Å². The molecule has 0 amide bonds. The summed E-state index contributed by atoms with van der Waals surface area (Å²) in [6.07, 6.45) is 1.40. The summed E-state index contributed by atoms with van der Waals surface area (Å²) < 4.78 is 20.9. The van der Waals surface area contributed by atoms with E-state index in [1.165, 1.54) is 12.1 Å². The second kappa shape index (κ2) is 5.53. The van der Waals surface area contributed by atoms with E-state index in [2.05, 4.69) is 4.99 Å². The molecule has 80 valence electrons. The van der Waals surface area contributed by atoms with Crippen molar-refractivity contribution >= 4 is 22.8 Å². The number of aliphatic imine (C=N–C) groups is 1. The van der Waals surface area contributed by atoms with Crippen molar-refractivity contribution in [2.75, 3.05) is 0 Å². The molecule has 0 aliphatic rings. The molecule has 1 unspecified atom stereocenters. The highest BCUT2D eigenvalue weighted by Gasteiger charge is 2.01. The van der Waals surface area contributed by atoms with Crippen LogP contribution in [0.5, 0.6) is 0 Å². The van der Waals surface area contributed by atoms with Crippen molar-refractivity contribution in [1.29, 1.82) is 0 Å². The van der Waals surface area contributed by atoms with Gasteiger partial charge in [0.05, 0.1) is 5.69 Å². The van der Waals surface area contributed by atoms with Crippen LogP contribution in [0.1, 0.15) is 11.1 Å². The molecule has 15 heavy (non-hydrogen) atoms. The molecule has 1 rings (SSSR count). The van der Waals surface area contributed by atoms with Crippen molar-refractivity contribution in [3.8, 4) is 0 Å². The van der Waals surface area contributed by atoms with E-state index >= 15 is 0 Å². The molecule has 2 N–H and O–H groups in total. The molecular weight excluding hydrogens is 216 g/mol. The summed E-state index contributed by atoms with van der Waals surface area (Å²) in [5.41, 5.74) is 7.04. The maximum absolute atomic E-state index is 10.5. The molecular formula is C9H9N2O3S-. The van der Waals surface area contributed by atoms with E-state index in [4.69, 9.17) is 5.73 Å². The van der Waals surface area contributed by atoms with Crippen LogP contribution in [0.25, 0.3) is 0 Å². The Kier molecular flexibility index (Phi) is 4.33. The van der Waals surface area contributed by atoms with Gasteiger partial charge in [0, 0.05) is 12.3 Å². The van der Waals surface area contributed by atoms with Gasteiger partial charge in [-0.2, -0.15) is 4.99 Å². The average Bonchev–Trinajstić information content (AvgIpc) is 2.18. The minimum Gasteiger partial charge on any atom is -0.772 e. The Balaban J connectivity index is 3.09. The predicted octanol–water partition coefficient (Wildman–Crippen LogP) is 0.492. The van der Waals surface area contributed by atoms with Gasteiger partial charge in [-0.25, -0.2) is 4.79 Å². The first-order valence-electron chi connectivity index (χ1n) is 4.13. The molecule has 1 aromatic rings. The Hall–Kier alpha value is -1.33. The number of rotatable bonds is 4. The van der Waals surface area contributed by atoms with Crippen molar-refractivity contribution in [3.05, 3.63) is 29.3 Å². The van der Waals surface area contributed by atoms with Gasteiger partial charge in [-0.3, -0.25) is 4.21 Å². The number of benzene rings is 1. The summed E-state index contributed by atoms with van der Waals surface area (Å²) in [6, 6.07) is 4.81.